The van der Waals surface area contributed by atoms with E-state index in [0.717, 1.165) is 47.6 Å². The van der Waals surface area contributed by atoms with Crippen LogP contribution in [0.4, 0.5) is 11.5 Å². The van der Waals surface area contributed by atoms with Gasteiger partial charge in [0.05, 0.1) is 17.0 Å². The van der Waals surface area contributed by atoms with Gasteiger partial charge in [-0.1, -0.05) is 6.07 Å². The van der Waals surface area contributed by atoms with Crippen LogP contribution in [0.15, 0.2) is 54.9 Å². The van der Waals surface area contributed by atoms with Crippen molar-refractivity contribution in [1.82, 2.24) is 14.4 Å². The zero-order valence-corrected chi connectivity index (χ0v) is 17.3. The molecule has 1 atom stereocenters. The first kappa shape index (κ1) is 18.6. The van der Waals surface area contributed by atoms with E-state index in [1.54, 1.807) is 6.20 Å². The zero-order chi connectivity index (χ0) is 20.7. The van der Waals surface area contributed by atoms with E-state index < -0.39 is 0 Å². The predicted octanol–water partition coefficient (Wildman–Crippen LogP) is 4.35. The number of aromatic nitrogens is 3. The van der Waals surface area contributed by atoms with Crippen LogP contribution >= 0.6 is 0 Å². The summed E-state index contributed by atoms with van der Waals surface area (Å²) in [6, 6.07) is 14.1. The summed E-state index contributed by atoms with van der Waals surface area (Å²) in [6.07, 6.45) is 5.65. The van der Waals surface area contributed by atoms with Gasteiger partial charge in [0, 0.05) is 31.2 Å². The Kier molecular flexibility index (Phi) is 4.62. The highest BCUT2D eigenvalue weighted by Gasteiger charge is 2.28. The molecule has 4 heterocycles. The average Bonchev–Trinajstić information content (AvgIpc) is 3.26. The fourth-order valence-corrected chi connectivity index (χ4v) is 4.27. The van der Waals surface area contributed by atoms with Crippen molar-refractivity contribution in [2.24, 2.45) is 5.92 Å². The van der Waals surface area contributed by atoms with Gasteiger partial charge in [0.1, 0.15) is 0 Å². The Morgan fingerprint density at radius 1 is 1.10 bits per heavy atom. The Bertz CT molecular complexity index is 1250. The molecular formula is C24H25N5O. The summed E-state index contributed by atoms with van der Waals surface area (Å²) in [5.41, 5.74) is 6.03. The minimum atomic E-state index is -0.0726. The molecule has 0 radical (unpaired) electrons. The van der Waals surface area contributed by atoms with Gasteiger partial charge < -0.3 is 14.6 Å². The average molecular weight is 399 g/mol. The molecule has 1 unspecified atom stereocenters. The van der Waals surface area contributed by atoms with Crippen LogP contribution in [0.2, 0.25) is 0 Å². The van der Waals surface area contributed by atoms with Gasteiger partial charge in [-0.2, -0.15) is 0 Å². The molecule has 1 aromatic carbocycles. The van der Waals surface area contributed by atoms with Crippen LogP contribution in [0.3, 0.4) is 0 Å². The number of pyridine rings is 1. The van der Waals surface area contributed by atoms with E-state index in [4.69, 9.17) is 4.98 Å². The van der Waals surface area contributed by atoms with Crippen LogP contribution < -0.4 is 10.2 Å². The Morgan fingerprint density at radius 3 is 2.83 bits per heavy atom. The molecule has 0 saturated carbocycles. The lowest BCUT2D eigenvalue weighted by molar-refractivity contribution is -0.120. The second-order valence-electron chi connectivity index (χ2n) is 8.12. The number of nitrogens with one attached hydrogen (secondary N) is 1. The van der Waals surface area contributed by atoms with E-state index >= 15 is 0 Å². The van der Waals surface area contributed by atoms with Crippen LogP contribution in [0, 0.1) is 19.8 Å². The van der Waals surface area contributed by atoms with Gasteiger partial charge in [-0.15, -0.1) is 0 Å². The molecule has 1 saturated heterocycles. The van der Waals surface area contributed by atoms with E-state index in [1.165, 1.54) is 11.1 Å². The van der Waals surface area contributed by atoms with Crippen LogP contribution in [-0.4, -0.2) is 33.4 Å². The first-order valence-electron chi connectivity index (χ1n) is 10.4. The van der Waals surface area contributed by atoms with E-state index in [-0.39, 0.29) is 11.8 Å². The van der Waals surface area contributed by atoms with Gasteiger partial charge in [-0.05, 0) is 74.2 Å². The van der Waals surface area contributed by atoms with Crippen LogP contribution in [-0.2, 0) is 4.79 Å². The number of anilines is 2. The molecule has 30 heavy (non-hydrogen) atoms. The van der Waals surface area contributed by atoms with Crippen LogP contribution in [0.5, 0.6) is 0 Å². The maximum Gasteiger partial charge on any atom is 0.229 e. The topological polar surface area (TPSA) is 62.5 Å². The quantitative estimate of drug-likeness (QED) is 0.556. The molecule has 0 spiro atoms. The lowest BCUT2D eigenvalue weighted by Crippen LogP contribution is -2.41. The number of carbonyl (C=O) groups is 1. The Labute approximate surface area is 175 Å². The summed E-state index contributed by atoms with van der Waals surface area (Å²) >= 11 is 0. The van der Waals surface area contributed by atoms with Gasteiger partial charge in [0.25, 0.3) is 0 Å². The second-order valence-corrected chi connectivity index (χ2v) is 8.12. The molecule has 0 aliphatic carbocycles. The number of benzene rings is 1. The Morgan fingerprint density at radius 2 is 1.97 bits per heavy atom. The highest BCUT2D eigenvalue weighted by Crippen LogP contribution is 2.29. The number of aryl methyl sites for hydroxylation is 2. The number of hydrogen-bond donors (Lipinski definition) is 1. The standard InChI is InChI=1S/C24H25N5O/c1-16-9-10-19(14-17(16)2)26-24(30)18-6-4-12-28(15-18)23-21-8-5-13-29(21)20-7-3-11-25-22(20)27-23/h3,5,7-11,13-14,18H,4,6,12,15H2,1-2H3,(H,26,30). The number of fused-ring (bicyclic) bond motifs is 3. The third-order valence-corrected chi connectivity index (χ3v) is 6.08. The number of amides is 1. The first-order valence-corrected chi connectivity index (χ1v) is 10.4. The second kappa shape index (κ2) is 7.44. The normalized spacial score (nSPS) is 16.9. The maximum atomic E-state index is 13.0. The summed E-state index contributed by atoms with van der Waals surface area (Å²) < 4.78 is 2.13. The molecule has 1 aliphatic rings. The fourth-order valence-electron chi connectivity index (χ4n) is 4.27. The molecule has 1 aliphatic heterocycles. The lowest BCUT2D eigenvalue weighted by Gasteiger charge is -2.33. The fraction of sp³-hybridized carbons (Fsp3) is 0.292. The highest BCUT2D eigenvalue weighted by atomic mass is 16.1. The molecule has 1 N–H and O–H groups in total. The van der Waals surface area contributed by atoms with Crippen molar-refractivity contribution in [2.45, 2.75) is 26.7 Å². The van der Waals surface area contributed by atoms with E-state index in [2.05, 4.69) is 39.5 Å². The van der Waals surface area contributed by atoms with Gasteiger partial charge in [-0.25, -0.2) is 9.97 Å². The predicted molar refractivity (Wildman–Crippen MR) is 120 cm³/mol. The Hall–Kier alpha value is -3.41. The summed E-state index contributed by atoms with van der Waals surface area (Å²) in [5, 5.41) is 3.11. The van der Waals surface area contributed by atoms with Crippen molar-refractivity contribution in [3.05, 3.63) is 66.0 Å². The largest absolute Gasteiger partial charge is 0.354 e. The van der Waals surface area contributed by atoms with E-state index in [0.29, 0.717) is 6.54 Å². The van der Waals surface area contributed by atoms with Crippen molar-refractivity contribution >= 4 is 34.1 Å². The molecule has 3 aromatic heterocycles. The molecule has 6 nitrogen and oxygen atoms in total. The summed E-state index contributed by atoms with van der Waals surface area (Å²) in [7, 11) is 0. The number of hydrogen-bond acceptors (Lipinski definition) is 4. The number of rotatable bonds is 3. The Balaban J connectivity index is 1.41. The maximum absolute atomic E-state index is 13.0. The molecular weight excluding hydrogens is 374 g/mol. The number of piperidine rings is 1. The smallest absolute Gasteiger partial charge is 0.229 e. The molecule has 0 bridgehead atoms. The third-order valence-electron chi connectivity index (χ3n) is 6.08. The van der Waals surface area contributed by atoms with Crippen LogP contribution in [0.1, 0.15) is 24.0 Å². The molecule has 1 fully saturated rings. The van der Waals surface area contributed by atoms with Crippen LogP contribution in [0.25, 0.3) is 16.7 Å². The monoisotopic (exact) mass is 399 g/mol. The third kappa shape index (κ3) is 3.28. The molecule has 6 heteroatoms. The van der Waals surface area contributed by atoms with E-state index in [1.807, 2.05) is 42.6 Å². The number of nitrogens with zero attached hydrogens (tertiary/aromatic N) is 4. The van der Waals surface area contributed by atoms with Gasteiger partial charge in [0.15, 0.2) is 11.5 Å². The first-order chi connectivity index (χ1) is 14.6. The molecule has 1 amide bonds. The minimum absolute atomic E-state index is 0.0726. The van der Waals surface area contributed by atoms with Gasteiger partial charge in [-0.3, -0.25) is 4.79 Å². The van der Waals surface area contributed by atoms with Crippen molar-refractivity contribution in [2.75, 3.05) is 23.3 Å². The lowest BCUT2D eigenvalue weighted by atomic mass is 9.96. The summed E-state index contributed by atoms with van der Waals surface area (Å²) in [6.45, 7) is 5.69. The van der Waals surface area contributed by atoms with Crippen molar-refractivity contribution < 1.29 is 4.79 Å². The van der Waals surface area contributed by atoms with Crippen molar-refractivity contribution in [3.63, 3.8) is 0 Å². The molecule has 5 rings (SSSR count). The minimum Gasteiger partial charge on any atom is -0.354 e. The highest BCUT2D eigenvalue weighted by molar-refractivity contribution is 5.93. The number of carbonyl (C=O) groups excluding carboxylic acids is 1. The van der Waals surface area contributed by atoms with Gasteiger partial charge >= 0.3 is 0 Å². The zero-order valence-electron chi connectivity index (χ0n) is 17.3. The molecule has 152 valence electrons. The summed E-state index contributed by atoms with van der Waals surface area (Å²) in [4.78, 5) is 24.5. The SMILES string of the molecule is Cc1ccc(NC(=O)C2CCCN(c3nc4ncccc4n4cccc34)C2)cc1C. The van der Waals surface area contributed by atoms with Crippen molar-refractivity contribution in [3.8, 4) is 0 Å². The molecule has 4 aromatic rings. The van der Waals surface area contributed by atoms with E-state index in [9.17, 15) is 4.79 Å². The summed E-state index contributed by atoms with van der Waals surface area (Å²) in [5.74, 6) is 0.903. The van der Waals surface area contributed by atoms with Gasteiger partial charge in [0.2, 0.25) is 5.91 Å². The van der Waals surface area contributed by atoms with Crippen molar-refractivity contribution in [1.29, 1.82) is 0 Å².